The van der Waals surface area contributed by atoms with Crippen LogP contribution in [-0.2, 0) is 14.9 Å². The van der Waals surface area contributed by atoms with Gasteiger partial charge in [-0.25, -0.2) is 0 Å². The summed E-state index contributed by atoms with van der Waals surface area (Å²) in [7, 11) is -4.41. The van der Waals surface area contributed by atoms with E-state index in [1.165, 1.54) is 0 Å². The molecule has 0 bridgehead atoms. The van der Waals surface area contributed by atoms with Crippen molar-refractivity contribution in [3.05, 3.63) is 0 Å². The average Bonchev–Trinajstić information content (AvgIpc) is 1.85. The van der Waals surface area contributed by atoms with Crippen molar-refractivity contribution in [3.63, 3.8) is 0 Å². The second kappa shape index (κ2) is 6.57. The Morgan fingerprint density at radius 1 is 1.62 bits per heavy atom. The number of nitrogens with two attached hydrogens (primary N) is 1. The van der Waals surface area contributed by atoms with E-state index in [0.717, 1.165) is 0 Å². The number of carbonyl (C=O) groups is 1. The molecule has 0 heterocycles. The smallest absolute Gasteiger partial charge is 1.00 e. The minimum Gasteiger partial charge on any atom is -1.00 e. The van der Waals surface area contributed by atoms with Crippen molar-refractivity contribution in [1.82, 2.24) is 0 Å². The van der Waals surface area contributed by atoms with Crippen LogP contribution in [0.1, 0.15) is 9.27 Å². The second-order valence-electron chi connectivity index (χ2n) is 2.11. The molecule has 13 heavy (non-hydrogen) atoms. The summed E-state index contributed by atoms with van der Waals surface area (Å²) in [5.41, 5.74) is 4.95. The van der Waals surface area contributed by atoms with E-state index in [-0.39, 0.29) is 48.3 Å². The fraction of sp³-hybridized carbons (Fsp3) is 0.750. The van der Waals surface area contributed by atoms with Gasteiger partial charge < -0.3 is 13.7 Å². The van der Waals surface area contributed by atoms with Gasteiger partial charge in [-0.15, -0.1) is 11.6 Å². The zero-order chi connectivity index (χ0) is 9.94. The normalized spacial score (nSPS) is 15.6. The van der Waals surface area contributed by atoms with Gasteiger partial charge in [-0.3, -0.25) is 9.35 Å². The Kier molecular flexibility index (Phi) is 8.35. The Hall–Kier alpha value is 1.11. The molecule has 6 nitrogen and oxygen atoms in total. The molecule has 0 aliphatic rings. The molecule has 4 N–H and O–H groups in total. The Morgan fingerprint density at radius 2 is 2.00 bits per heavy atom. The van der Waals surface area contributed by atoms with Crippen molar-refractivity contribution in [2.75, 3.05) is 0 Å². The van der Waals surface area contributed by atoms with Gasteiger partial charge in [-0.2, -0.15) is 8.42 Å². The third-order valence-electron chi connectivity index (χ3n) is 1.08. The van der Waals surface area contributed by atoms with E-state index in [1.54, 1.807) is 0 Å². The Labute approximate surface area is 120 Å². The van der Waals surface area contributed by atoms with E-state index < -0.39 is 33.3 Å². The molecule has 9 heteroatoms. The maximum Gasteiger partial charge on any atom is 2.00 e. The fourth-order valence-corrected chi connectivity index (χ4v) is 1.06. The summed E-state index contributed by atoms with van der Waals surface area (Å²) < 4.78 is 27.2. The van der Waals surface area contributed by atoms with Crippen LogP contribution in [0.15, 0.2) is 0 Å². The molecular weight excluding hydrogens is 297 g/mol. The average molecular weight is 307 g/mol. The van der Waals surface area contributed by atoms with Crippen LogP contribution in [-0.4, -0.2) is 80.3 Å². The van der Waals surface area contributed by atoms with Gasteiger partial charge in [-0.05, 0) is 0 Å². The third kappa shape index (κ3) is 7.09. The van der Waals surface area contributed by atoms with E-state index in [1.807, 2.05) is 0 Å². The molecule has 0 saturated carbocycles. The standard InChI is InChI=1S/C4H8ClNO5S.Sr.2H/c5-3(12(9,10)11)1-2(6)4(7)8;;;/h2-3H,1,6H2,(H,7,8)(H,9,10,11);;;/q;+2;2*-1. The van der Waals surface area contributed by atoms with Crippen LogP contribution in [0.4, 0.5) is 0 Å². The van der Waals surface area contributed by atoms with Gasteiger partial charge in [0.25, 0.3) is 10.1 Å². The number of rotatable bonds is 4. The fourth-order valence-electron chi connectivity index (χ4n) is 0.422. The number of halogens is 1. The van der Waals surface area contributed by atoms with Crippen LogP contribution in [0, 0.1) is 0 Å². The van der Waals surface area contributed by atoms with E-state index >= 15 is 0 Å². The van der Waals surface area contributed by atoms with Gasteiger partial charge in [-0.1, -0.05) is 0 Å². The number of carboxylic acid groups (broad SMARTS) is 1. The van der Waals surface area contributed by atoms with Gasteiger partial charge in [0.1, 0.15) is 6.04 Å². The van der Waals surface area contributed by atoms with E-state index in [9.17, 15) is 13.2 Å². The van der Waals surface area contributed by atoms with Crippen LogP contribution in [0.2, 0.25) is 0 Å². The topological polar surface area (TPSA) is 118 Å². The maximum atomic E-state index is 10.3. The molecule has 0 spiro atoms. The zero-order valence-corrected chi connectivity index (χ0v) is 11.6. The third-order valence-corrected chi connectivity index (χ3v) is 2.77. The summed E-state index contributed by atoms with van der Waals surface area (Å²) in [5, 5.41) is 8.24. The summed E-state index contributed by atoms with van der Waals surface area (Å²) in [4.78, 5) is 10.1. The molecule has 0 saturated heterocycles. The summed E-state index contributed by atoms with van der Waals surface area (Å²) in [6, 6.07) is -1.39. The maximum absolute atomic E-state index is 10.3. The number of alkyl halides is 1. The molecule has 2 atom stereocenters. The van der Waals surface area contributed by atoms with E-state index in [4.69, 9.17) is 27.0 Å². The molecule has 0 aliphatic heterocycles. The second-order valence-corrected chi connectivity index (χ2v) is 4.49. The van der Waals surface area contributed by atoms with Crippen LogP contribution in [0.5, 0.6) is 0 Å². The van der Waals surface area contributed by atoms with Crippen molar-refractivity contribution in [1.29, 1.82) is 0 Å². The van der Waals surface area contributed by atoms with Gasteiger partial charge in [0, 0.05) is 6.42 Å². The molecule has 0 amide bonds. The molecule has 0 radical (unpaired) electrons. The van der Waals surface area contributed by atoms with Gasteiger partial charge >= 0.3 is 51.5 Å². The molecular formula is C4H10ClNO5SSr. The molecule has 0 fully saturated rings. The van der Waals surface area contributed by atoms with Crippen molar-refractivity contribution >= 4 is 73.2 Å². The first kappa shape index (κ1) is 16.5. The minimum absolute atomic E-state index is 0. The van der Waals surface area contributed by atoms with E-state index in [2.05, 4.69) is 0 Å². The predicted molar refractivity (Wildman–Crippen MR) is 49.4 cm³/mol. The predicted octanol–water partition coefficient (Wildman–Crippen LogP) is -0.915. The van der Waals surface area contributed by atoms with Gasteiger partial charge in [0.2, 0.25) is 0 Å². The van der Waals surface area contributed by atoms with Gasteiger partial charge in [0.15, 0.2) is 4.71 Å². The van der Waals surface area contributed by atoms with E-state index in [0.29, 0.717) is 0 Å². The van der Waals surface area contributed by atoms with Crippen molar-refractivity contribution in [2.45, 2.75) is 17.2 Å². The summed E-state index contributed by atoms with van der Waals surface area (Å²) in [5.74, 6) is -1.37. The van der Waals surface area contributed by atoms with Crippen molar-refractivity contribution in [2.24, 2.45) is 5.73 Å². The summed E-state index contributed by atoms with van der Waals surface area (Å²) in [6.07, 6.45) is -0.532. The summed E-state index contributed by atoms with van der Waals surface area (Å²) in [6.45, 7) is 0. The van der Waals surface area contributed by atoms with Gasteiger partial charge in [0.05, 0.1) is 0 Å². The first-order valence-electron chi connectivity index (χ1n) is 2.84. The zero-order valence-electron chi connectivity index (χ0n) is 8.55. The SMILES string of the molecule is NC(CC(Cl)S(=O)(=O)O)C(=O)O.[H-].[H-].[Sr+2]. The molecule has 0 rings (SSSR count). The van der Waals surface area contributed by atoms with Crippen LogP contribution >= 0.6 is 11.6 Å². The largest absolute Gasteiger partial charge is 2.00 e. The number of hydrogen-bond donors (Lipinski definition) is 3. The Balaban J connectivity index is -0.000000202. The van der Waals surface area contributed by atoms with Crippen LogP contribution in [0.3, 0.4) is 0 Å². The molecule has 2 unspecified atom stereocenters. The molecule has 76 valence electrons. The minimum atomic E-state index is -4.41. The first-order chi connectivity index (χ1) is 5.25. The molecule has 0 aromatic carbocycles. The molecule has 0 aromatic rings. The quantitative estimate of drug-likeness (QED) is 0.351. The molecule has 0 aliphatic carbocycles. The Morgan fingerprint density at radius 3 is 2.23 bits per heavy atom. The Bertz CT molecular complexity index is 276. The monoisotopic (exact) mass is 307 g/mol. The van der Waals surface area contributed by atoms with Crippen molar-refractivity contribution in [3.8, 4) is 0 Å². The number of aliphatic carboxylic acids is 1. The number of hydrogen-bond acceptors (Lipinski definition) is 4. The molecule has 0 aromatic heterocycles. The number of carboxylic acids is 1. The van der Waals surface area contributed by atoms with Crippen LogP contribution < -0.4 is 5.73 Å². The first-order valence-corrected chi connectivity index (χ1v) is 4.78. The summed E-state index contributed by atoms with van der Waals surface area (Å²) >= 11 is 5.11. The van der Waals surface area contributed by atoms with Crippen LogP contribution in [0.25, 0.3) is 0 Å². The van der Waals surface area contributed by atoms with Crippen molar-refractivity contribution < 1.29 is 25.7 Å².